The van der Waals surface area contributed by atoms with Gasteiger partial charge in [0.15, 0.2) is 10.2 Å². The first-order chi connectivity index (χ1) is 11.3. The Bertz CT molecular complexity index is 802. The SMILES string of the molecule is COc1cccc2sc(NC(=S)NCCc3ccccc3)nc12. The van der Waals surface area contributed by atoms with E-state index in [2.05, 4.69) is 27.8 Å². The lowest BCUT2D eigenvalue weighted by Gasteiger charge is -2.08. The van der Waals surface area contributed by atoms with E-state index < -0.39 is 0 Å². The minimum Gasteiger partial charge on any atom is -0.494 e. The molecule has 0 unspecified atom stereocenters. The van der Waals surface area contributed by atoms with Crippen LogP contribution in [0.15, 0.2) is 48.5 Å². The molecule has 0 spiro atoms. The molecule has 23 heavy (non-hydrogen) atoms. The average Bonchev–Trinajstić information content (AvgIpc) is 2.98. The molecule has 0 aliphatic heterocycles. The van der Waals surface area contributed by atoms with Gasteiger partial charge in [-0.2, -0.15) is 0 Å². The molecule has 0 aliphatic carbocycles. The number of para-hydroxylation sites is 1. The molecule has 6 heteroatoms. The maximum absolute atomic E-state index is 5.33. The number of nitrogens with one attached hydrogen (secondary N) is 2. The zero-order valence-electron chi connectivity index (χ0n) is 12.7. The van der Waals surface area contributed by atoms with E-state index in [4.69, 9.17) is 17.0 Å². The number of ether oxygens (including phenoxy) is 1. The molecule has 2 N–H and O–H groups in total. The minimum atomic E-state index is 0.582. The van der Waals surface area contributed by atoms with Gasteiger partial charge in [-0.1, -0.05) is 47.7 Å². The highest BCUT2D eigenvalue weighted by Gasteiger charge is 2.09. The molecule has 1 aromatic heterocycles. The average molecular weight is 343 g/mol. The Morgan fingerprint density at radius 2 is 2.00 bits per heavy atom. The van der Waals surface area contributed by atoms with Crippen molar-refractivity contribution in [1.29, 1.82) is 0 Å². The second kappa shape index (κ2) is 7.39. The number of aromatic nitrogens is 1. The summed E-state index contributed by atoms with van der Waals surface area (Å²) in [5, 5.41) is 7.70. The summed E-state index contributed by atoms with van der Waals surface area (Å²) in [6, 6.07) is 16.2. The third kappa shape index (κ3) is 3.97. The van der Waals surface area contributed by atoms with E-state index in [0.29, 0.717) is 5.11 Å². The molecular formula is C17H17N3OS2. The van der Waals surface area contributed by atoms with Crippen LogP contribution in [0.25, 0.3) is 10.2 Å². The molecule has 0 atom stereocenters. The van der Waals surface area contributed by atoms with Gasteiger partial charge >= 0.3 is 0 Å². The van der Waals surface area contributed by atoms with E-state index in [1.165, 1.54) is 5.56 Å². The van der Waals surface area contributed by atoms with Gasteiger partial charge in [-0.05, 0) is 36.3 Å². The van der Waals surface area contributed by atoms with Crippen LogP contribution in [0.2, 0.25) is 0 Å². The Labute approximate surface area is 144 Å². The number of hydrogen-bond donors (Lipinski definition) is 2. The van der Waals surface area contributed by atoms with Crippen molar-refractivity contribution >= 4 is 44.0 Å². The first kappa shape index (κ1) is 15.7. The van der Waals surface area contributed by atoms with Crippen molar-refractivity contribution in [1.82, 2.24) is 10.3 Å². The molecule has 2 aromatic carbocycles. The van der Waals surface area contributed by atoms with Crippen LogP contribution in [0, 0.1) is 0 Å². The molecule has 0 saturated carbocycles. The monoisotopic (exact) mass is 343 g/mol. The predicted molar refractivity (Wildman–Crippen MR) is 101 cm³/mol. The molecule has 0 saturated heterocycles. The maximum Gasteiger partial charge on any atom is 0.190 e. The highest BCUT2D eigenvalue weighted by atomic mass is 32.1. The van der Waals surface area contributed by atoms with Crippen LogP contribution in [0.5, 0.6) is 5.75 Å². The third-order valence-electron chi connectivity index (χ3n) is 3.36. The molecule has 0 radical (unpaired) electrons. The fourth-order valence-corrected chi connectivity index (χ4v) is 3.40. The Kier molecular flexibility index (Phi) is 5.05. The van der Waals surface area contributed by atoms with E-state index in [-0.39, 0.29) is 0 Å². The molecule has 0 aliphatic rings. The Hall–Kier alpha value is -2.18. The quantitative estimate of drug-likeness (QED) is 0.689. The number of hydrogen-bond acceptors (Lipinski definition) is 4. The smallest absolute Gasteiger partial charge is 0.190 e. The standard InChI is InChI=1S/C17H17N3OS2/c1-21-13-8-5-9-14-15(13)19-17(23-14)20-16(22)18-11-10-12-6-3-2-4-7-12/h2-9H,10-11H2,1H3,(H2,18,19,20,22). The molecule has 3 rings (SSSR count). The Morgan fingerprint density at radius 1 is 1.17 bits per heavy atom. The Balaban J connectivity index is 1.57. The van der Waals surface area contributed by atoms with Crippen molar-refractivity contribution < 1.29 is 4.74 Å². The summed E-state index contributed by atoms with van der Waals surface area (Å²) in [5.41, 5.74) is 2.14. The van der Waals surface area contributed by atoms with Crippen molar-refractivity contribution in [2.45, 2.75) is 6.42 Å². The van der Waals surface area contributed by atoms with E-state index in [0.717, 1.165) is 34.1 Å². The number of fused-ring (bicyclic) bond motifs is 1. The molecule has 0 amide bonds. The maximum atomic E-state index is 5.33. The predicted octanol–water partition coefficient (Wildman–Crippen LogP) is 3.83. The van der Waals surface area contributed by atoms with Crippen LogP contribution in [0.3, 0.4) is 0 Å². The van der Waals surface area contributed by atoms with Gasteiger partial charge in [0, 0.05) is 6.54 Å². The second-order valence-electron chi connectivity index (χ2n) is 4.94. The number of thiazole rings is 1. The Morgan fingerprint density at radius 3 is 2.78 bits per heavy atom. The second-order valence-corrected chi connectivity index (χ2v) is 6.38. The fraction of sp³-hybridized carbons (Fsp3) is 0.176. The molecule has 1 heterocycles. The number of anilines is 1. The lowest BCUT2D eigenvalue weighted by molar-refractivity contribution is 0.419. The molecule has 0 bridgehead atoms. The largest absolute Gasteiger partial charge is 0.494 e. The number of methoxy groups -OCH3 is 1. The van der Waals surface area contributed by atoms with E-state index >= 15 is 0 Å². The summed E-state index contributed by atoms with van der Waals surface area (Å²) in [6.45, 7) is 0.782. The van der Waals surface area contributed by atoms with Gasteiger partial charge in [0.05, 0.1) is 11.8 Å². The van der Waals surface area contributed by atoms with Crippen molar-refractivity contribution in [2.75, 3.05) is 19.0 Å². The molecule has 0 fully saturated rings. The van der Waals surface area contributed by atoms with Gasteiger partial charge in [-0.3, -0.25) is 0 Å². The molecular weight excluding hydrogens is 326 g/mol. The van der Waals surface area contributed by atoms with Crippen molar-refractivity contribution in [3.8, 4) is 5.75 Å². The van der Waals surface area contributed by atoms with Gasteiger partial charge in [0.2, 0.25) is 0 Å². The lowest BCUT2D eigenvalue weighted by atomic mass is 10.1. The summed E-state index contributed by atoms with van der Waals surface area (Å²) in [4.78, 5) is 4.54. The summed E-state index contributed by atoms with van der Waals surface area (Å²) in [7, 11) is 1.65. The van der Waals surface area contributed by atoms with Crippen LogP contribution in [-0.2, 0) is 6.42 Å². The van der Waals surface area contributed by atoms with Crippen molar-refractivity contribution in [2.24, 2.45) is 0 Å². The van der Waals surface area contributed by atoms with Crippen molar-refractivity contribution in [3.05, 3.63) is 54.1 Å². The van der Waals surface area contributed by atoms with Gasteiger partial charge in [-0.15, -0.1) is 0 Å². The summed E-state index contributed by atoms with van der Waals surface area (Å²) < 4.78 is 6.40. The topological polar surface area (TPSA) is 46.2 Å². The number of nitrogens with zero attached hydrogens (tertiary/aromatic N) is 1. The van der Waals surface area contributed by atoms with Crippen LogP contribution in [-0.4, -0.2) is 23.8 Å². The number of thiocarbonyl (C=S) groups is 1. The highest BCUT2D eigenvalue weighted by molar-refractivity contribution is 7.80. The van der Waals surface area contributed by atoms with Gasteiger partial charge in [-0.25, -0.2) is 4.98 Å². The van der Waals surface area contributed by atoms with Gasteiger partial charge in [0.1, 0.15) is 11.3 Å². The van der Waals surface area contributed by atoms with Crippen LogP contribution in [0.1, 0.15) is 5.56 Å². The molecule has 4 nitrogen and oxygen atoms in total. The van der Waals surface area contributed by atoms with Gasteiger partial charge < -0.3 is 15.4 Å². The zero-order valence-corrected chi connectivity index (χ0v) is 14.3. The van der Waals surface area contributed by atoms with Crippen LogP contribution in [0.4, 0.5) is 5.13 Å². The zero-order chi connectivity index (χ0) is 16.1. The normalized spacial score (nSPS) is 10.5. The van der Waals surface area contributed by atoms with Crippen LogP contribution >= 0.6 is 23.6 Å². The summed E-state index contributed by atoms with van der Waals surface area (Å²) >= 11 is 6.89. The minimum absolute atomic E-state index is 0.582. The number of rotatable bonds is 5. The van der Waals surface area contributed by atoms with Crippen LogP contribution < -0.4 is 15.4 Å². The van der Waals surface area contributed by atoms with Gasteiger partial charge in [0.25, 0.3) is 0 Å². The first-order valence-electron chi connectivity index (χ1n) is 7.28. The van der Waals surface area contributed by atoms with E-state index in [1.54, 1.807) is 18.4 Å². The summed E-state index contributed by atoms with van der Waals surface area (Å²) in [6.07, 6.45) is 0.927. The van der Waals surface area contributed by atoms with Crippen molar-refractivity contribution in [3.63, 3.8) is 0 Å². The number of benzene rings is 2. The first-order valence-corrected chi connectivity index (χ1v) is 8.51. The molecule has 3 aromatic rings. The lowest BCUT2D eigenvalue weighted by Crippen LogP contribution is -2.30. The third-order valence-corrected chi connectivity index (χ3v) is 4.55. The van der Waals surface area contributed by atoms with E-state index in [9.17, 15) is 0 Å². The fourth-order valence-electron chi connectivity index (χ4n) is 2.25. The highest BCUT2D eigenvalue weighted by Crippen LogP contribution is 2.31. The molecule has 118 valence electrons. The van der Waals surface area contributed by atoms with E-state index in [1.807, 2.05) is 36.4 Å². The summed E-state index contributed by atoms with van der Waals surface area (Å²) in [5.74, 6) is 0.773.